The lowest BCUT2D eigenvalue weighted by Gasteiger charge is -2.06. The summed E-state index contributed by atoms with van der Waals surface area (Å²) in [5, 5.41) is 5.87. The molecule has 0 atom stereocenters. The van der Waals surface area contributed by atoms with Crippen molar-refractivity contribution in [2.24, 2.45) is 0 Å². The second-order valence-corrected chi connectivity index (χ2v) is 5.87. The molecule has 0 aliphatic carbocycles. The Bertz CT molecular complexity index is 888. The number of hydrogen-bond donors (Lipinski definition) is 2. The van der Waals surface area contributed by atoms with Gasteiger partial charge < -0.3 is 10.6 Å². The third kappa shape index (κ3) is 3.76. The summed E-state index contributed by atoms with van der Waals surface area (Å²) in [6.07, 6.45) is 2.48. The fourth-order valence-corrected chi connectivity index (χ4v) is 2.52. The van der Waals surface area contributed by atoms with Crippen molar-refractivity contribution in [1.82, 2.24) is 19.7 Å². The van der Waals surface area contributed by atoms with Crippen molar-refractivity contribution in [2.75, 3.05) is 18.4 Å². The lowest BCUT2D eigenvalue weighted by atomic mass is 10.3. The van der Waals surface area contributed by atoms with Crippen molar-refractivity contribution in [3.8, 4) is 0 Å². The van der Waals surface area contributed by atoms with E-state index in [4.69, 9.17) is 0 Å². The van der Waals surface area contributed by atoms with Gasteiger partial charge in [-0.3, -0.25) is 9.20 Å². The van der Waals surface area contributed by atoms with Crippen molar-refractivity contribution >= 4 is 17.4 Å². The van der Waals surface area contributed by atoms with Gasteiger partial charge in [0.25, 0.3) is 5.91 Å². The number of carbonyl (C=O) groups excluding carboxylic acids is 1. The Morgan fingerprint density at radius 2 is 2.04 bits per heavy atom. The first-order valence-corrected chi connectivity index (χ1v) is 8.14. The van der Waals surface area contributed by atoms with E-state index in [1.54, 1.807) is 31.3 Å². The number of rotatable bonds is 6. The minimum atomic E-state index is -0.632. The molecule has 3 heterocycles. The maximum absolute atomic E-state index is 14.4. The predicted molar refractivity (Wildman–Crippen MR) is 94.3 cm³/mol. The van der Waals surface area contributed by atoms with Crippen LogP contribution < -0.4 is 10.6 Å². The molecule has 0 aromatic carbocycles. The quantitative estimate of drug-likeness (QED) is 0.676. The number of halogens is 1. The minimum Gasteiger partial charge on any atom is -0.370 e. The van der Waals surface area contributed by atoms with Gasteiger partial charge in [-0.1, -0.05) is 12.1 Å². The normalized spacial score (nSPS) is 10.8. The van der Waals surface area contributed by atoms with E-state index in [1.807, 2.05) is 19.1 Å². The zero-order chi connectivity index (χ0) is 17.8. The molecule has 25 heavy (non-hydrogen) atoms. The first-order chi connectivity index (χ1) is 12.1. The summed E-state index contributed by atoms with van der Waals surface area (Å²) in [7, 11) is 0. The average molecular weight is 341 g/mol. The molecule has 1 amide bonds. The molecule has 0 radical (unpaired) electrons. The average Bonchev–Trinajstić information content (AvgIpc) is 2.94. The third-order valence-corrected chi connectivity index (χ3v) is 3.85. The van der Waals surface area contributed by atoms with Crippen LogP contribution in [0.5, 0.6) is 0 Å². The van der Waals surface area contributed by atoms with Crippen LogP contribution in [0.25, 0.3) is 5.65 Å². The molecule has 0 bridgehead atoms. The molecule has 0 spiro atoms. The highest BCUT2D eigenvalue weighted by atomic mass is 19.1. The predicted octanol–water partition coefficient (Wildman–Crippen LogP) is 2.72. The fraction of sp³-hybridized carbons (Fsp3) is 0.278. The molecule has 3 aromatic rings. The molecule has 0 aliphatic heterocycles. The monoisotopic (exact) mass is 341 g/mol. The van der Waals surface area contributed by atoms with Gasteiger partial charge in [0.1, 0.15) is 11.5 Å². The van der Waals surface area contributed by atoms with Crippen LogP contribution in [0.2, 0.25) is 0 Å². The van der Waals surface area contributed by atoms with E-state index in [2.05, 4.69) is 20.6 Å². The third-order valence-electron chi connectivity index (χ3n) is 3.85. The van der Waals surface area contributed by atoms with Crippen molar-refractivity contribution in [2.45, 2.75) is 20.3 Å². The Hall–Kier alpha value is -2.96. The van der Waals surface area contributed by atoms with Gasteiger partial charge in [-0.05, 0) is 44.0 Å². The number of nitrogens with one attached hydrogen (secondary N) is 2. The summed E-state index contributed by atoms with van der Waals surface area (Å²) < 4.78 is 15.7. The molecule has 0 fully saturated rings. The maximum atomic E-state index is 14.4. The van der Waals surface area contributed by atoms with E-state index in [1.165, 1.54) is 4.40 Å². The zero-order valence-electron chi connectivity index (χ0n) is 14.2. The molecule has 0 aliphatic rings. The first kappa shape index (κ1) is 16.9. The molecule has 0 saturated heterocycles. The summed E-state index contributed by atoms with van der Waals surface area (Å²) in [4.78, 5) is 20.5. The molecule has 3 rings (SSSR count). The Kier molecular flexibility index (Phi) is 4.92. The van der Waals surface area contributed by atoms with Gasteiger partial charge in [0.05, 0.1) is 0 Å². The summed E-state index contributed by atoms with van der Waals surface area (Å²) >= 11 is 0. The highest BCUT2D eigenvalue weighted by Crippen LogP contribution is 2.13. The number of nitrogens with zero attached hydrogens (tertiary/aromatic N) is 3. The number of aryl methyl sites for hydroxylation is 2. The van der Waals surface area contributed by atoms with Gasteiger partial charge in [0, 0.05) is 25.0 Å². The van der Waals surface area contributed by atoms with Crippen LogP contribution in [0, 0.1) is 19.8 Å². The highest BCUT2D eigenvalue weighted by molar-refractivity contribution is 5.93. The number of amides is 1. The SMILES string of the molecule is Cc1ccc(NCCCNC(=O)c2nc3cccc(C)n3c2F)nc1. The minimum absolute atomic E-state index is 0.178. The van der Waals surface area contributed by atoms with Crippen LogP contribution in [-0.4, -0.2) is 33.4 Å². The van der Waals surface area contributed by atoms with Crippen LogP contribution in [0.15, 0.2) is 36.5 Å². The molecular weight excluding hydrogens is 321 g/mol. The van der Waals surface area contributed by atoms with E-state index in [9.17, 15) is 9.18 Å². The highest BCUT2D eigenvalue weighted by Gasteiger charge is 2.19. The number of fused-ring (bicyclic) bond motifs is 1. The van der Waals surface area contributed by atoms with Gasteiger partial charge in [0.15, 0.2) is 5.69 Å². The summed E-state index contributed by atoms with van der Waals surface area (Å²) in [5.74, 6) is -0.347. The maximum Gasteiger partial charge on any atom is 0.274 e. The fourth-order valence-electron chi connectivity index (χ4n) is 2.52. The van der Waals surface area contributed by atoms with Crippen LogP contribution in [-0.2, 0) is 0 Å². The Morgan fingerprint density at radius 1 is 1.20 bits per heavy atom. The van der Waals surface area contributed by atoms with E-state index in [0.717, 1.165) is 11.4 Å². The topological polar surface area (TPSA) is 71.3 Å². The number of hydrogen-bond acceptors (Lipinski definition) is 4. The first-order valence-electron chi connectivity index (χ1n) is 8.14. The van der Waals surface area contributed by atoms with Crippen molar-refractivity contribution in [1.29, 1.82) is 0 Å². The van der Waals surface area contributed by atoms with E-state index < -0.39 is 11.9 Å². The summed E-state index contributed by atoms with van der Waals surface area (Å²) in [5.41, 5.74) is 2.04. The summed E-state index contributed by atoms with van der Waals surface area (Å²) in [6.45, 7) is 4.82. The van der Waals surface area contributed by atoms with Crippen molar-refractivity contribution < 1.29 is 9.18 Å². The molecule has 0 unspecified atom stereocenters. The Labute approximate surface area is 145 Å². The number of aromatic nitrogens is 3. The Morgan fingerprint density at radius 3 is 2.76 bits per heavy atom. The van der Waals surface area contributed by atoms with Crippen molar-refractivity contribution in [3.05, 3.63) is 59.4 Å². The van der Waals surface area contributed by atoms with Crippen LogP contribution >= 0.6 is 0 Å². The molecule has 2 N–H and O–H groups in total. The molecule has 7 heteroatoms. The largest absolute Gasteiger partial charge is 0.370 e. The zero-order valence-corrected chi connectivity index (χ0v) is 14.2. The van der Waals surface area contributed by atoms with E-state index in [-0.39, 0.29) is 5.69 Å². The standard InChI is InChI=1S/C18H20FN5O/c1-12-7-8-14(22-11-12)20-9-4-10-21-18(25)16-17(19)24-13(2)5-3-6-15(24)23-16/h3,5-8,11H,4,9-10H2,1-2H3,(H,20,22)(H,21,25). The van der Waals surface area contributed by atoms with Crippen molar-refractivity contribution in [3.63, 3.8) is 0 Å². The number of imidazole rings is 1. The van der Waals surface area contributed by atoms with E-state index >= 15 is 0 Å². The number of anilines is 1. The van der Waals surface area contributed by atoms with Crippen LogP contribution in [0.1, 0.15) is 28.2 Å². The molecule has 0 saturated carbocycles. The number of pyridine rings is 2. The molecule has 3 aromatic heterocycles. The van der Waals surface area contributed by atoms with Gasteiger partial charge in [0.2, 0.25) is 5.95 Å². The van der Waals surface area contributed by atoms with Crippen LogP contribution in [0.4, 0.5) is 10.2 Å². The molecule has 130 valence electrons. The lowest BCUT2D eigenvalue weighted by Crippen LogP contribution is -2.27. The second-order valence-electron chi connectivity index (χ2n) is 5.87. The summed E-state index contributed by atoms with van der Waals surface area (Å²) in [6, 6.07) is 9.10. The molecular formula is C18H20FN5O. The number of carbonyl (C=O) groups is 1. The second kappa shape index (κ2) is 7.29. The van der Waals surface area contributed by atoms with Gasteiger partial charge >= 0.3 is 0 Å². The lowest BCUT2D eigenvalue weighted by molar-refractivity contribution is 0.0944. The van der Waals surface area contributed by atoms with Crippen LogP contribution in [0.3, 0.4) is 0 Å². The van der Waals surface area contributed by atoms with Gasteiger partial charge in [-0.2, -0.15) is 4.39 Å². The smallest absolute Gasteiger partial charge is 0.274 e. The van der Waals surface area contributed by atoms with Gasteiger partial charge in [-0.25, -0.2) is 9.97 Å². The van der Waals surface area contributed by atoms with Gasteiger partial charge in [-0.15, -0.1) is 0 Å². The van der Waals surface area contributed by atoms with E-state index in [0.29, 0.717) is 30.9 Å². The Balaban J connectivity index is 1.52. The molecule has 6 nitrogen and oxygen atoms in total.